The monoisotopic (exact) mass is 440 g/mol. The maximum absolute atomic E-state index is 11.8. The lowest BCUT2D eigenvalue weighted by Gasteiger charge is -2.50. The molecule has 7 nitrogen and oxygen atoms in total. The predicted octanol–water partition coefficient (Wildman–Crippen LogP) is 0.726. The zero-order chi connectivity index (χ0) is 17.3. The van der Waals surface area contributed by atoms with E-state index in [0.29, 0.717) is 24.7 Å². The first kappa shape index (κ1) is 17.0. The van der Waals surface area contributed by atoms with Gasteiger partial charge in [0.2, 0.25) is 6.41 Å². The van der Waals surface area contributed by atoms with E-state index in [9.17, 15) is 4.79 Å². The average molecular weight is 440 g/mol. The number of fused-ring (bicyclic) bond motifs is 1. The molecule has 24 heavy (non-hydrogen) atoms. The lowest BCUT2D eigenvalue weighted by Crippen LogP contribution is -2.71. The van der Waals surface area contributed by atoms with Crippen molar-refractivity contribution in [3.05, 3.63) is 42.1 Å². The molecule has 0 aromatic heterocycles. The van der Waals surface area contributed by atoms with Gasteiger partial charge in [-0.2, -0.15) is 0 Å². The Balaban J connectivity index is 1.78. The molecule has 0 saturated carbocycles. The highest BCUT2D eigenvalue weighted by Gasteiger charge is 2.47. The van der Waals surface area contributed by atoms with Crippen LogP contribution in [0.2, 0.25) is 0 Å². The fraction of sp³-hybridized carbons (Fsp3) is 0.375. The first-order chi connectivity index (χ1) is 11.4. The minimum atomic E-state index is -0.447. The molecule has 1 aromatic rings. The fourth-order valence-corrected chi connectivity index (χ4v) is 3.81. The second-order valence-electron chi connectivity index (χ2n) is 6.09. The molecule has 0 bridgehead atoms. The molecule has 3 unspecified atom stereocenters. The Morgan fingerprint density at radius 1 is 1.54 bits per heavy atom. The van der Waals surface area contributed by atoms with Gasteiger partial charge in [-0.1, -0.05) is 46.9 Å². The van der Waals surface area contributed by atoms with Gasteiger partial charge in [0.1, 0.15) is 15.8 Å². The van der Waals surface area contributed by atoms with Crippen molar-refractivity contribution in [2.75, 3.05) is 18.4 Å². The summed E-state index contributed by atoms with van der Waals surface area (Å²) < 4.78 is -0.447. The van der Waals surface area contributed by atoms with Gasteiger partial charge in [0.25, 0.3) is 0 Å². The summed E-state index contributed by atoms with van der Waals surface area (Å²) in [6.45, 7) is 7.25. The lowest BCUT2D eigenvalue weighted by molar-refractivity contribution is -0.124. The largest absolute Gasteiger partial charge is 0.382 e. The number of halogens is 1. The SMILES string of the molecule is C=C1NC(N)=NC2NCC(I)(CNc3ccc(C)cc3)N(C=O)C12. The number of nitrogens with one attached hydrogen (secondary N) is 3. The number of rotatable bonds is 4. The van der Waals surface area contributed by atoms with E-state index < -0.39 is 3.55 Å². The molecule has 1 amide bonds. The van der Waals surface area contributed by atoms with Crippen molar-refractivity contribution >= 4 is 40.6 Å². The van der Waals surface area contributed by atoms with Crippen LogP contribution in [-0.4, -0.2) is 46.1 Å². The molecular weight excluding hydrogens is 419 g/mol. The number of alkyl halides is 1. The average Bonchev–Trinajstić information content (AvgIpc) is 2.55. The summed E-state index contributed by atoms with van der Waals surface area (Å²) in [6.07, 6.45) is 0.595. The van der Waals surface area contributed by atoms with Crippen LogP contribution in [0.3, 0.4) is 0 Å². The molecule has 2 aliphatic heterocycles. The van der Waals surface area contributed by atoms with Gasteiger partial charge in [0.05, 0.1) is 0 Å². The smallest absolute Gasteiger partial charge is 0.211 e. The van der Waals surface area contributed by atoms with E-state index in [-0.39, 0.29) is 12.2 Å². The Bertz CT molecular complexity index is 676. The van der Waals surface area contributed by atoms with Crippen molar-refractivity contribution in [1.82, 2.24) is 15.5 Å². The highest BCUT2D eigenvalue weighted by molar-refractivity contribution is 14.1. The number of piperazine rings is 1. The number of aryl methyl sites for hydroxylation is 1. The molecule has 2 heterocycles. The molecule has 0 aliphatic carbocycles. The van der Waals surface area contributed by atoms with Gasteiger partial charge >= 0.3 is 0 Å². The Kier molecular flexibility index (Phi) is 4.68. The van der Waals surface area contributed by atoms with Gasteiger partial charge in [-0.3, -0.25) is 10.1 Å². The van der Waals surface area contributed by atoms with Crippen molar-refractivity contribution < 1.29 is 4.79 Å². The number of aliphatic imine (C=N–C) groups is 1. The van der Waals surface area contributed by atoms with Crippen molar-refractivity contribution in [1.29, 1.82) is 0 Å². The summed E-state index contributed by atoms with van der Waals surface area (Å²) in [4.78, 5) is 17.9. The number of nitrogens with zero attached hydrogens (tertiary/aromatic N) is 2. The van der Waals surface area contributed by atoms with Gasteiger partial charge < -0.3 is 21.3 Å². The summed E-state index contributed by atoms with van der Waals surface area (Å²) in [7, 11) is 0. The number of benzene rings is 1. The standard InChI is InChI=1S/C16H21IN6O/c1-10-3-5-12(6-4-10)19-7-16(17)8-20-14-13(23(16)9-24)11(2)21-15(18)22-14/h3-6,9,13-14,19-20H,2,7-8H2,1H3,(H3,18,21,22). The Morgan fingerprint density at radius 2 is 2.25 bits per heavy atom. The zero-order valence-electron chi connectivity index (χ0n) is 13.4. The van der Waals surface area contributed by atoms with E-state index in [4.69, 9.17) is 5.73 Å². The summed E-state index contributed by atoms with van der Waals surface area (Å²) in [6, 6.07) is 7.90. The van der Waals surface area contributed by atoms with Gasteiger partial charge in [0, 0.05) is 24.5 Å². The zero-order valence-corrected chi connectivity index (χ0v) is 15.6. The van der Waals surface area contributed by atoms with Gasteiger partial charge in [-0.05, 0) is 19.1 Å². The van der Waals surface area contributed by atoms with Crippen LogP contribution < -0.4 is 21.7 Å². The van der Waals surface area contributed by atoms with E-state index in [2.05, 4.69) is 69.2 Å². The quantitative estimate of drug-likeness (QED) is 0.240. The molecule has 3 atom stereocenters. The van der Waals surface area contributed by atoms with Crippen LogP contribution in [0.25, 0.3) is 0 Å². The van der Waals surface area contributed by atoms with Crippen LogP contribution in [0.5, 0.6) is 0 Å². The van der Waals surface area contributed by atoms with Crippen molar-refractivity contribution in [2.45, 2.75) is 22.7 Å². The van der Waals surface area contributed by atoms with Crippen LogP contribution in [0, 0.1) is 6.92 Å². The molecule has 0 radical (unpaired) electrons. The van der Waals surface area contributed by atoms with Crippen LogP contribution in [0.15, 0.2) is 41.5 Å². The number of guanidine groups is 1. The van der Waals surface area contributed by atoms with E-state index in [0.717, 1.165) is 12.1 Å². The Morgan fingerprint density at radius 3 is 2.92 bits per heavy atom. The Hall–Kier alpha value is -1.81. The van der Waals surface area contributed by atoms with E-state index >= 15 is 0 Å². The van der Waals surface area contributed by atoms with Crippen molar-refractivity contribution in [3.63, 3.8) is 0 Å². The third-order valence-electron chi connectivity index (χ3n) is 4.30. The maximum atomic E-state index is 11.8. The minimum Gasteiger partial charge on any atom is -0.382 e. The lowest BCUT2D eigenvalue weighted by atomic mass is 10.0. The molecule has 1 fully saturated rings. The third kappa shape index (κ3) is 3.20. The van der Waals surface area contributed by atoms with Crippen LogP contribution in [0.4, 0.5) is 5.69 Å². The molecule has 8 heteroatoms. The number of amides is 1. The number of anilines is 1. The van der Waals surface area contributed by atoms with Gasteiger partial charge in [-0.25, -0.2) is 4.99 Å². The van der Waals surface area contributed by atoms with Gasteiger partial charge in [-0.15, -0.1) is 0 Å². The molecule has 3 rings (SSSR count). The molecule has 2 aliphatic rings. The van der Waals surface area contributed by atoms with Crippen molar-refractivity contribution in [2.24, 2.45) is 10.7 Å². The molecule has 1 aromatic carbocycles. The number of nitrogens with two attached hydrogens (primary N) is 1. The maximum Gasteiger partial charge on any atom is 0.211 e. The number of hydrogen-bond acceptors (Lipinski definition) is 6. The predicted molar refractivity (Wildman–Crippen MR) is 104 cm³/mol. The Labute approximate surface area is 154 Å². The second kappa shape index (κ2) is 6.60. The van der Waals surface area contributed by atoms with Crippen LogP contribution in [0.1, 0.15) is 5.56 Å². The summed E-state index contributed by atoms with van der Waals surface area (Å²) in [5, 5.41) is 9.70. The first-order valence-corrected chi connectivity index (χ1v) is 8.76. The number of hydrogen-bond donors (Lipinski definition) is 4. The van der Waals surface area contributed by atoms with Crippen LogP contribution >= 0.6 is 22.6 Å². The number of carbonyl (C=O) groups is 1. The molecule has 5 N–H and O–H groups in total. The normalized spacial score (nSPS) is 29.3. The summed E-state index contributed by atoms with van der Waals surface area (Å²) in [5.74, 6) is 0.318. The van der Waals surface area contributed by atoms with E-state index in [1.54, 1.807) is 4.90 Å². The second-order valence-corrected chi connectivity index (χ2v) is 8.09. The van der Waals surface area contributed by atoms with Crippen LogP contribution in [-0.2, 0) is 4.79 Å². The molecule has 1 saturated heterocycles. The van der Waals surface area contributed by atoms with Crippen molar-refractivity contribution in [3.8, 4) is 0 Å². The molecule has 128 valence electrons. The third-order valence-corrected chi connectivity index (χ3v) is 5.62. The highest BCUT2D eigenvalue weighted by atomic mass is 127. The molecular formula is C16H21IN6O. The topological polar surface area (TPSA) is 94.8 Å². The summed E-state index contributed by atoms with van der Waals surface area (Å²) in [5.41, 5.74) is 8.65. The van der Waals surface area contributed by atoms with E-state index in [1.165, 1.54) is 5.56 Å². The molecule has 0 spiro atoms. The number of carbonyl (C=O) groups excluding carboxylic acids is 1. The minimum absolute atomic E-state index is 0.272. The highest BCUT2D eigenvalue weighted by Crippen LogP contribution is 2.33. The summed E-state index contributed by atoms with van der Waals surface area (Å²) >= 11 is 2.31. The first-order valence-electron chi connectivity index (χ1n) is 7.68. The van der Waals surface area contributed by atoms with Gasteiger partial charge in [0.15, 0.2) is 5.96 Å². The van der Waals surface area contributed by atoms with E-state index in [1.807, 2.05) is 12.1 Å². The fourth-order valence-electron chi connectivity index (χ4n) is 2.98.